The molecule has 0 saturated carbocycles. The van der Waals surface area contributed by atoms with Gasteiger partial charge in [-0.3, -0.25) is 10.1 Å². The van der Waals surface area contributed by atoms with E-state index in [1.165, 1.54) is 6.07 Å². The molecule has 1 N–H and O–H groups in total. The summed E-state index contributed by atoms with van der Waals surface area (Å²) in [6, 6.07) is 2.50. The van der Waals surface area contributed by atoms with Gasteiger partial charge in [0.25, 0.3) is 5.69 Å². The molecular weight excluding hydrogens is 206 g/mol. The van der Waals surface area contributed by atoms with Crippen LogP contribution in [0.3, 0.4) is 0 Å². The Morgan fingerprint density at radius 3 is 2.43 bits per heavy atom. The standard InChI is InChI=1S/C8H9NO4S/c1-5-3-7(9(10)11)4-8(6(5)2)14(12)13/h3-4H,1-2H3,(H,12,13). The molecule has 0 aliphatic rings. The van der Waals surface area contributed by atoms with Crippen LogP contribution in [-0.2, 0) is 11.1 Å². The lowest BCUT2D eigenvalue weighted by molar-refractivity contribution is -0.385. The maximum Gasteiger partial charge on any atom is 0.271 e. The van der Waals surface area contributed by atoms with E-state index in [0.29, 0.717) is 11.1 Å². The van der Waals surface area contributed by atoms with E-state index < -0.39 is 16.0 Å². The second-order valence-corrected chi connectivity index (χ2v) is 3.83. The maximum atomic E-state index is 10.8. The van der Waals surface area contributed by atoms with E-state index in [-0.39, 0.29) is 10.6 Å². The molecule has 0 amide bonds. The summed E-state index contributed by atoms with van der Waals surface area (Å²) >= 11 is -2.18. The van der Waals surface area contributed by atoms with E-state index in [1.807, 2.05) is 0 Å². The van der Waals surface area contributed by atoms with Crippen LogP contribution in [0.1, 0.15) is 11.1 Å². The Morgan fingerprint density at radius 1 is 1.43 bits per heavy atom. The molecule has 0 bridgehead atoms. The van der Waals surface area contributed by atoms with Crippen LogP contribution in [0.25, 0.3) is 0 Å². The van der Waals surface area contributed by atoms with Gasteiger partial charge in [0.05, 0.1) is 9.82 Å². The van der Waals surface area contributed by atoms with Crippen molar-refractivity contribution in [1.82, 2.24) is 0 Å². The molecule has 0 aliphatic carbocycles. The number of non-ortho nitro benzene ring substituents is 1. The molecule has 76 valence electrons. The minimum Gasteiger partial charge on any atom is -0.302 e. The zero-order valence-corrected chi connectivity index (χ0v) is 8.50. The second-order valence-electron chi connectivity index (χ2n) is 2.89. The summed E-state index contributed by atoms with van der Waals surface area (Å²) in [4.78, 5) is 9.98. The van der Waals surface area contributed by atoms with Crippen molar-refractivity contribution in [1.29, 1.82) is 0 Å². The molecule has 14 heavy (non-hydrogen) atoms. The third kappa shape index (κ3) is 1.97. The van der Waals surface area contributed by atoms with Gasteiger partial charge in [-0.1, -0.05) is 0 Å². The summed E-state index contributed by atoms with van der Waals surface area (Å²) in [6.07, 6.45) is 0. The molecule has 0 aromatic heterocycles. The number of hydrogen-bond donors (Lipinski definition) is 1. The van der Waals surface area contributed by atoms with Gasteiger partial charge < -0.3 is 4.55 Å². The van der Waals surface area contributed by atoms with Crippen LogP contribution in [0.15, 0.2) is 17.0 Å². The average Bonchev–Trinajstić information content (AvgIpc) is 2.08. The van der Waals surface area contributed by atoms with Crippen molar-refractivity contribution in [3.8, 4) is 0 Å². The molecule has 0 saturated heterocycles. The first-order valence-electron chi connectivity index (χ1n) is 3.80. The molecule has 1 aromatic carbocycles. The zero-order chi connectivity index (χ0) is 10.9. The largest absolute Gasteiger partial charge is 0.302 e. The molecule has 1 atom stereocenters. The Kier molecular flexibility index (Phi) is 2.97. The molecule has 0 aliphatic heterocycles. The van der Waals surface area contributed by atoms with Crippen molar-refractivity contribution in [2.24, 2.45) is 0 Å². The van der Waals surface area contributed by atoms with Gasteiger partial charge in [0.2, 0.25) is 0 Å². The number of nitro groups is 1. The molecule has 6 heteroatoms. The summed E-state index contributed by atoms with van der Waals surface area (Å²) in [7, 11) is 0. The van der Waals surface area contributed by atoms with Crippen molar-refractivity contribution in [2.75, 3.05) is 0 Å². The number of aryl methyl sites for hydroxylation is 1. The van der Waals surface area contributed by atoms with Crippen LogP contribution < -0.4 is 0 Å². The smallest absolute Gasteiger partial charge is 0.271 e. The van der Waals surface area contributed by atoms with E-state index >= 15 is 0 Å². The summed E-state index contributed by atoms with van der Waals surface area (Å²) in [5.41, 5.74) is 1.08. The van der Waals surface area contributed by atoms with Crippen molar-refractivity contribution >= 4 is 16.8 Å². The van der Waals surface area contributed by atoms with Crippen molar-refractivity contribution in [2.45, 2.75) is 18.7 Å². The highest BCUT2D eigenvalue weighted by Crippen LogP contribution is 2.23. The molecule has 1 rings (SSSR count). The van der Waals surface area contributed by atoms with Crippen molar-refractivity contribution < 1.29 is 13.7 Å². The van der Waals surface area contributed by atoms with Crippen molar-refractivity contribution in [3.05, 3.63) is 33.4 Å². The SMILES string of the molecule is Cc1cc([N+](=O)[O-])cc(S(=O)O)c1C. The molecule has 0 radical (unpaired) electrons. The highest BCUT2D eigenvalue weighted by atomic mass is 32.2. The predicted octanol–water partition coefficient (Wildman–Crippen LogP) is 1.79. The summed E-state index contributed by atoms with van der Waals surface area (Å²) in [6.45, 7) is 3.32. The molecule has 0 heterocycles. The van der Waals surface area contributed by atoms with E-state index in [9.17, 15) is 14.3 Å². The number of benzene rings is 1. The van der Waals surface area contributed by atoms with E-state index in [2.05, 4.69) is 0 Å². The highest BCUT2D eigenvalue weighted by Gasteiger charge is 2.14. The van der Waals surface area contributed by atoms with Crippen LogP contribution in [0, 0.1) is 24.0 Å². The minimum atomic E-state index is -2.18. The van der Waals surface area contributed by atoms with Crippen molar-refractivity contribution in [3.63, 3.8) is 0 Å². The molecule has 0 fully saturated rings. The van der Waals surface area contributed by atoms with Crippen LogP contribution >= 0.6 is 0 Å². The fourth-order valence-electron chi connectivity index (χ4n) is 1.10. The van der Waals surface area contributed by atoms with Gasteiger partial charge in [-0.25, -0.2) is 4.21 Å². The van der Waals surface area contributed by atoms with Gasteiger partial charge in [0.1, 0.15) is 0 Å². The zero-order valence-electron chi connectivity index (χ0n) is 7.68. The quantitative estimate of drug-likeness (QED) is 0.463. The van der Waals surface area contributed by atoms with Crippen LogP contribution in [0.4, 0.5) is 5.69 Å². The van der Waals surface area contributed by atoms with E-state index in [1.54, 1.807) is 13.8 Å². The Hall–Kier alpha value is -1.27. The molecule has 1 unspecified atom stereocenters. The average molecular weight is 215 g/mol. The van der Waals surface area contributed by atoms with Gasteiger partial charge >= 0.3 is 0 Å². The Bertz CT molecular complexity index is 416. The van der Waals surface area contributed by atoms with E-state index in [0.717, 1.165) is 6.07 Å². The van der Waals surface area contributed by atoms with Gasteiger partial charge in [-0.2, -0.15) is 0 Å². The normalized spacial score (nSPS) is 12.5. The first kappa shape index (κ1) is 10.8. The van der Waals surface area contributed by atoms with Crippen LogP contribution in [0.2, 0.25) is 0 Å². The Labute approximate surface area is 83.2 Å². The van der Waals surface area contributed by atoms with Crippen LogP contribution in [0.5, 0.6) is 0 Å². The van der Waals surface area contributed by atoms with Gasteiger partial charge in [-0.15, -0.1) is 0 Å². The second kappa shape index (κ2) is 3.85. The number of rotatable bonds is 2. The summed E-state index contributed by atoms with van der Waals surface area (Å²) in [5, 5.41) is 10.5. The number of nitrogens with zero attached hydrogens (tertiary/aromatic N) is 1. The fraction of sp³-hybridized carbons (Fsp3) is 0.250. The number of nitro benzene ring substituents is 1. The predicted molar refractivity (Wildman–Crippen MR) is 51.6 cm³/mol. The number of hydrogen-bond acceptors (Lipinski definition) is 3. The molecule has 1 aromatic rings. The van der Waals surface area contributed by atoms with Gasteiger partial charge in [0.15, 0.2) is 11.1 Å². The lowest BCUT2D eigenvalue weighted by atomic mass is 10.1. The topological polar surface area (TPSA) is 80.4 Å². The highest BCUT2D eigenvalue weighted by molar-refractivity contribution is 7.79. The van der Waals surface area contributed by atoms with Gasteiger partial charge in [0, 0.05) is 12.1 Å². The lowest BCUT2D eigenvalue weighted by Gasteiger charge is -2.04. The molecular formula is C8H9NO4S. The monoisotopic (exact) mass is 215 g/mol. The molecule has 5 nitrogen and oxygen atoms in total. The van der Waals surface area contributed by atoms with Crippen LogP contribution in [-0.4, -0.2) is 13.7 Å². The fourth-order valence-corrected chi connectivity index (χ4v) is 1.74. The Morgan fingerprint density at radius 2 is 2.00 bits per heavy atom. The Balaban J connectivity index is 3.43. The summed E-state index contributed by atoms with van der Waals surface area (Å²) < 4.78 is 19.7. The third-order valence-corrected chi connectivity index (χ3v) is 2.80. The third-order valence-electron chi connectivity index (χ3n) is 2.00. The minimum absolute atomic E-state index is 0.0942. The van der Waals surface area contributed by atoms with E-state index in [4.69, 9.17) is 4.55 Å². The first-order valence-corrected chi connectivity index (χ1v) is 4.90. The maximum absolute atomic E-state index is 10.8. The van der Waals surface area contributed by atoms with Gasteiger partial charge in [-0.05, 0) is 25.0 Å². The lowest BCUT2D eigenvalue weighted by Crippen LogP contribution is -1.98. The molecule has 0 spiro atoms. The first-order chi connectivity index (χ1) is 6.43. The summed E-state index contributed by atoms with van der Waals surface area (Å²) in [5.74, 6) is 0.